The zero-order chi connectivity index (χ0) is 15.0. The third-order valence-electron chi connectivity index (χ3n) is 3.68. The minimum Gasteiger partial charge on any atom is -0.493 e. The Labute approximate surface area is 123 Å². The first-order valence-corrected chi connectivity index (χ1v) is 7.62. The molecule has 0 bridgehead atoms. The molecule has 0 amide bonds. The van der Waals surface area contributed by atoms with Crippen molar-refractivity contribution in [2.24, 2.45) is 5.92 Å². The molecule has 3 nitrogen and oxygen atoms in total. The molecule has 0 spiro atoms. The molecule has 2 unspecified atom stereocenters. The fourth-order valence-electron chi connectivity index (χ4n) is 2.77. The van der Waals surface area contributed by atoms with E-state index in [2.05, 4.69) is 32.2 Å². The lowest BCUT2D eigenvalue weighted by molar-refractivity contribution is 0.337. The van der Waals surface area contributed by atoms with Gasteiger partial charge in [-0.25, -0.2) is 0 Å². The van der Waals surface area contributed by atoms with Gasteiger partial charge in [-0.3, -0.25) is 0 Å². The van der Waals surface area contributed by atoms with Gasteiger partial charge in [-0.05, 0) is 24.9 Å². The molecule has 0 aliphatic heterocycles. The second kappa shape index (κ2) is 8.85. The van der Waals surface area contributed by atoms with Crippen LogP contribution in [0.1, 0.15) is 51.6 Å². The largest absolute Gasteiger partial charge is 0.493 e. The van der Waals surface area contributed by atoms with Gasteiger partial charge in [-0.15, -0.1) is 0 Å². The van der Waals surface area contributed by atoms with Crippen molar-refractivity contribution in [2.45, 2.75) is 46.1 Å². The van der Waals surface area contributed by atoms with Gasteiger partial charge in [0.2, 0.25) is 0 Å². The fourth-order valence-corrected chi connectivity index (χ4v) is 2.77. The molecule has 1 aromatic rings. The molecule has 0 saturated carbocycles. The summed E-state index contributed by atoms with van der Waals surface area (Å²) in [7, 11) is 3.39. The summed E-state index contributed by atoms with van der Waals surface area (Å²) in [5, 5.41) is 3.58. The Balaban J connectivity index is 3.01. The lowest BCUT2D eigenvalue weighted by Gasteiger charge is -2.24. The molecule has 0 heterocycles. The number of benzene rings is 1. The van der Waals surface area contributed by atoms with Crippen molar-refractivity contribution < 1.29 is 9.47 Å². The average molecular weight is 279 g/mol. The number of rotatable bonds is 9. The molecule has 2 atom stereocenters. The molecule has 0 aromatic heterocycles. The summed E-state index contributed by atoms with van der Waals surface area (Å²) in [6.45, 7) is 7.65. The second-order valence-electron chi connectivity index (χ2n) is 5.32. The van der Waals surface area contributed by atoms with Gasteiger partial charge in [0.15, 0.2) is 11.5 Å². The SMILES string of the molecule is CCCC(C)CC(NCC)c1cccc(OC)c1OC. The topological polar surface area (TPSA) is 30.5 Å². The summed E-state index contributed by atoms with van der Waals surface area (Å²) in [5.74, 6) is 2.35. The average Bonchev–Trinajstić information content (AvgIpc) is 2.46. The zero-order valence-corrected chi connectivity index (χ0v) is 13.5. The maximum absolute atomic E-state index is 5.57. The van der Waals surface area contributed by atoms with Gasteiger partial charge in [0, 0.05) is 11.6 Å². The van der Waals surface area contributed by atoms with Crippen LogP contribution in [0.3, 0.4) is 0 Å². The Morgan fingerprint density at radius 2 is 1.90 bits per heavy atom. The zero-order valence-electron chi connectivity index (χ0n) is 13.5. The van der Waals surface area contributed by atoms with E-state index in [4.69, 9.17) is 9.47 Å². The Morgan fingerprint density at radius 1 is 1.15 bits per heavy atom. The van der Waals surface area contributed by atoms with Crippen LogP contribution >= 0.6 is 0 Å². The molecule has 1 N–H and O–H groups in total. The molecule has 0 aliphatic rings. The lowest BCUT2D eigenvalue weighted by Crippen LogP contribution is -2.23. The van der Waals surface area contributed by atoms with Gasteiger partial charge in [-0.1, -0.05) is 45.7 Å². The second-order valence-corrected chi connectivity index (χ2v) is 5.32. The first kappa shape index (κ1) is 16.8. The summed E-state index contributed by atoms with van der Waals surface area (Å²) < 4.78 is 11.0. The third-order valence-corrected chi connectivity index (χ3v) is 3.68. The molecule has 0 radical (unpaired) electrons. The Kier molecular flexibility index (Phi) is 7.45. The molecule has 114 valence electrons. The van der Waals surface area contributed by atoms with Gasteiger partial charge in [-0.2, -0.15) is 0 Å². The highest BCUT2D eigenvalue weighted by atomic mass is 16.5. The van der Waals surface area contributed by atoms with Crippen LogP contribution in [-0.2, 0) is 0 Å². The van der Waals surface area contributed by atoms with Gasteiger partial charge in [0.05, 0.1) is 14.2 Å². The Hall–Kier alpha value is -1.22. The maximum Gasteiger partial charge on any atom is 0.165 e. The highest BCUT2D eigenvalue weighted by molar-refractivity contribution is 5.48. The summed E-state index contributed by atoms with van der Waals surface area (Å²) in [6.07, 6.45) is 3.61. The van der Waals surface area contributed by atoms with Crippen molar-refractivity contribution in [1.29, 1.82) is 0 Å². The highest BCUT2D eigenvalue weighted by Crippen LogP contribution is 2.37. The van der Waals surface area contributed by atoms with E-state index in [9.17, 15) is 0 Å². The number of hydrogen-bond donors (Lipinski definition) is 1. The Bertz CT molecular complexity index is 393. The van der Waals surface area contributed by atoms with Crippen LogP contribution in [0.15, 0.2) is 18.2 Å². The van der Waals surface area contributed by atoms with Crippen LogP contribution in [-0.4, -0.2) is 20.8 Å². The quantitative estimate of drug-likeness (QED) is 0.735. The molecule has 0 fully saturated rings. The van der Waals surface area contributed by atoms with E-state index in [1.165, 1.54) is 18.4 Å². The van der Waals surface area contributed by atoms with Crippen LogP contribution < -0.4 is 14.8 Å². The predicted molar refractivity (Wildman–Crippen MR) is 84.7 cm³/mol. The predicted octanol–water partition coefficient (Wildman–Crippen LogP) is 4.18. The van der Waals surface area contributed by atoms with Crippen LogP contribution in [0.4, 0.5) is 0 Å². The smallest absolute Gasteiger partial charge is 0.165 e. The summed E-state index contributed by atoms with van der Waals surface area (Å²) in [4.78, 5) is 0. The normalized spacial score (nSPS) is 13.8. The fraction of sp³-hybridized carbons (Fsp3) is 0.647. The van der Waals surface area contributed by atoms with Crippen molar-refractivity contribution in [3.63, 3.8) is 0 Å². The van der Waals surface area contributed by atoms with E-state index in [1.54, 1.807) is 14.2 Å². The maximum atomic E-state index is 5.57. The van der Waals surface area contributed by atoms with E-state index >= 15 is 0 Å². The van der Waals surface area contributed by atoms with Crippen molar-refractivity contribution in [3.8, 4) is 11.5 Å². The minimum atomic E-state index is 0.312. The summed E-state index contributed by atoms with van der Waals surface area (Å²) in [5.41, 5.74) is 1.19. The molecule has 1 aromatic carbocycles. The number of ether oxygens (including phenoxy) is 2. The molecule has 0 aliphatic carbocycles. The standard InChI is InChI=1S/C17H29NO2/c1-6-9-13(3)12-15(18-7-2)14-10-8-11-16(19-4)17(14)20-5/h8,10-11,13,15,18H,6-7,9,12H2,1-5H3. The Morgan fingerprint density at radius 3 is 2.45 bits per heavy atom. The molecule has 1 rings (SSSR count). The van der Waals surface area contributed by atoms with E-state index in [0.717, 1.165) is 24.5 Å². The van der Waals surface area contributed by atoms with E-state index in [0.29, 0.717) is 12.0 Å². The number of hydrogen-bond acceptors (Lipinski definition) is 3. The first-order chi connectivity index (χ1) is 9.67. The van der Waals surface area contributed by atoms with E-state index in [1.807, 2.05) is 12.1 Å². The van der Waals surface area contributed by atoms with Crippen LogP contribution in [0.25, 0.3) is 0 Å². The van der Waals surface area contributed by atoms with E-state index in [-0.39, 0.29) is 0 Å². The van der Waals surface area contributed by atoms with Crippen LogP contribution in [0, 0.1) is 5.92 Å². The van der Waals surface area contributed by atoms with Crippen molar-refractivity contribution in [2.75, 3.05) is 20.8 Å². The number of nitrogens with one attached hydrogen (secondary N) is 1. The van der Waals surface area contributed by atoms with Crippen LogP contribution in [0.2, 0.25) is 0 Å². The van der Waals surface area contributed by atoms with Gasteiger partial charge < -0.3 is 14.8 Å². The molecule has 20 heavy (non-hydrogen) atoms. The third kappa shape index (κ3) is 4.41. The number of para-hydroxylation sites is 1. The summed E-state index contributed by atoms with van der Waals surface area (Å²) >= 11 is 0. The summed E-state index contributed by atoms with van der Waals surface area (Å²) in [6, 6.07) is 6.42. The number of methoxy groups -OCH3 is 2. The monoisotopic (exact) mass is 279 g/mol. The van der Waals surface area contributed by atoms with Gasteiger partial charge in [0.1, 0.15) is 0 Å². The first-order valence-electron chi connectivity index (χ1n) is 7.62. The van der Waals surface area contributed by atoms with E-state index < -0.39 is 0 Å². The van der Waals surface area contributed by atoms with Crippen LogP contribution in [0.5, 0.6) is 11.5 Å². The van der Waals surface area contributed by atoms with Crippen molar-refractivity contribution in [3.05, 3.63) is 23.8 Å². The molecule has 3 heteroatoms. The minimum absolute atomic E-state index is 0.312. The van der Waals surface area contributed by atoms with Crippen molar-refractivity contribution in [1.82, 2.24) is 5.32 Å². The molecular weight excluding hydrogens is 250 g/mol. The van der Waals surface area contributed by atoms with Crippen molar-refractivity contribution >= 4 is 0 Å². The molecular formula is C17H29NO2. The van der Waals surface area contributed by atoms with Gasteiger partial charge >= 0.3 is 0 Å². The molecule has 0 saturated heterocycles. The lowest BCUT2D eigenvalue weighted by atomic mass is 9.92. The van der Waals surface area contributed by atoms with Gasteiger partial charge in [0.25, 0.3) is 0 Å². The highest BCUT2D eigenvalue weighted by Gasteiger charge is 2.20.